The Morgan fingerprint density at radius 1 is 0.680 bits per heavy atom. The molecule has 0 aliphatic carbocycles. The van der Waals surface area contributed by atoms with Gasteiger partial charge in [-0.1, -0.05) is 0 Å². The monoisotopic (exact) mass is 350 g/mol. The van der Waals surface area contributed by atoms with Crippen molar-refractivity contribution in [1.82, 2.24) is 0 Å². The minimum Gasteiger partial charge on any atom is -0.508 e. The molecule has 130 valence electrons. The summed E-state index contributed by atoms with van der Waals surface area (Å²) in [5, 5.41) is 77.0. The van der Waals surface area contributed by atoms with E-state index in [9.17, 15) is 45.6 Å². The molecule has 0 aliphatic heterocycles. The molecule has 0 spiro atoms. The zero-order valence-electron chi connectivity index (χ0n) is 12.0. The predicted octanol–water partition coefficient (Wildman–Crippen LogP) is 1.10. The van der Waals surface area contributed by atoms with Gasteiger partial charge in [0.15, 0.2) is 17.3 Å². The molecule has 2 aromatic carbocycles. The lowest BCUT2D eigenvalue weighted by molar-refractivity contribution is 0.328. The second-order valence-corrected chi connectivity index (χ2v) is 5.06. The lowest BCUT2D eigenvalue weighted by atomic mass is 10.0. The van der Waals surface area contributed by atoms with Crippen molar-refractivity contribution in [2.75, 3.05) is 0 Å². The fourth-order valence-electron chi connectivity index (χ4n) is 2.35. The van der Waals surface area contributed by atoms with Gasteiger partial charge in [0.2, 0.25) is 28.4 Å². The van der Waals surface area contributed by atoms with Crippen LogP contribution in [0, 0.1) is 0 Å². The molecule has 0 amide bonds. The molecule has 0 atom stereocenters. The molecule has 0 saturated carbocycles. The number of fused-ring (bicyclic) bond motifs is 1. The average Bonchev–Trinajstić information content (AvgIpc) is 2.55. The smallest absolute Gasteiger partial charge is 0.238 e. The topological polar surface area (TPSA) is 192 Å². The molecule has 25 heavy (non-hydrogen) atoms. The minimum atomic E-state index is -1.24. The maximum absolute atomic E-state index is 12.2. The second kappa shape index (κ2) is 5.03. The van der Waals surface area contributed by atoms with E-state index in [1.54, 1.807) is 0 Å². The van der Waals surface area contributed by atoms with Crippen LogP contribution in [0.3, 0.4) is 0 Å². The molecule has 1 aromatic heterocycles. The highest BCUT2D eigenvalue weighted by atomic mass is 16.4. The van der Waals surface area contributed by atoms with Crippen molar-refractivity contribution >= 4 is 11.0 Å². The van der Waals surface area contributed by atoms with Crippen LogP contribution in [0.2, 0.25) is 0 Å². The first-order chi connectivity index (χ1) is 11.6. The van der Waals surface area contributed by atoms with Crippen LogP contribution < -0.4 is 5.43 Å². The van der Waals surface area contributed by atoms with Crippen molar-refractivity contribution in [1.29, 1.82) is 0 Å². The summed E-state index contributed by atoms with van der Waals surface area (Å²) >= 11 is 0. The predicted molar refractivity (Wildman–Crippen MR) is 81.2 cm³/mol. The van der Waals surface area contributed by atoms with Gasteiger partial charge in [-0.25, -0.2) is 0 Å². The van der Waals surface area contributed by atoms with Crippen LogP contribution in [-0.4, -0.2) is 40.9 Å². The van der Waals surface area contributed by atoms with E-state index in [1.807, 2.05) is 0 Å². The van der Waals surface area contributed by atoms with Gasteiger partial charge >= 0.3 is 0 Å². The fraction of sp³-hybridized carbons (Fsp3) is 0. The Kier molecular flexibility index (Phi) is 3.20. The molecule has 0 bridgehead atoms. The Morgan fingerprint density at radius 3 is 1.76 bits per heavy atom. The molecule has 0 unspecified atom stereocenters. The van der Waals surface area contributed by atoms with Gasteiger partial charge in [0.05, 0.1) is 0 Å². The van der Waals surface area contributed by atoms with Gasteiger partial charge in [0.1, 0.15) is 28.0 Å². The third-order valence-corrected chi connectivity index (χ3v) is 3.53. The molecule has 0 radical (unpaired) electrons. The lowest BCUT2D eigenvalue weighted by Crippen LogP contribution is -2.03. The molecule has 1 heterocycles. The first-order valence-corrected chi connectivity index (χ1v) is 6.56. The summed E-state index contributed by atoms with van der Waals surface area (Å²) in [4.78, 5) is 12.2. The van der Waals surface area contributed by atoms with Crippen molar-refractivity contribution in [2.45, 2.75) is 0 Å². The van der Waals surface area contributed by atoms with Crippen molar-refractivity contribution in [2.24, 2.45) is 0 Å². The van der Waals surface area contributed by atoms with E-state index < -0.39 is 73.7 Å². The van der Waals surface area contributed by atoms with E-state index in [4.69, 9.17) is 4.42 Å². The molecule has 10 nitrogen and oxygen atoms in total. The number of hydrogen-bond donors (Lipinski definition) is 8. The Hall–Kier alpha value is -3.95. The highest BCUT2D eigenvalue weighted by Gasteiger charge is 2.29. The van der Waals surface area contributed by atoms with Crippen molar-refractivity contribution in [3.63, 3.8) is 0 Å². The van der Waals surface area contributed by atoms with E-state index in [-0.39, 0.29) is 0 Å². The van der Waals surface area contributed by atoms with Crippen LogP contribution in [0.4, 0.5) is 0 Å². The van der Waals surface area contributed by atoms with E-state index in [2.05, 4.69) is 0 Å². The van der Waals surface area contributed by atoms with Gasteiger partial charge in [0, 0.05) is 12.1 Å². The molecule has 3 aromatic rings. The quantitative estimate of drug-likeness (QED) is 0.233. The normalized spacial score (nSPS) is 11.0. The highest BCUT2D eigenvalue weighted by molar-refractivity contribution is 5.91. The SMILES string of the molecule is O=c1c(O)c(-c2c(O)c(O)c(O)c(O)c2O)oc2cc(O)cc(O)c12. The van der Waals surface area contributed by atoms with Gasteiger partial charge < -0.3 is 45.3 Å². The first-order valence-electron chi connectivity index (χ1n) is 6.56. The van der Waals surface area contributed by atoms with Crippen molar-refractivity contribution < 1.29 is 45.3 Å². The van der Waals surface area contributed by atoms with Crippen LogP contribution in [0.15, 0.2) is 21.3 Å². The van der Waals surface area contributed by atoms with E-state index in [0.29, 0.717) is 0 Å². The number of hydrogen-bond acceptors (Lipinski definition) is 10. The van der Waals surface area contributed by atoms with Crippen LogP contribution in [-0.2, 0) is 0 Å². The Labute approximate surface area is 136 Å². The molecule has 0 saturated heterocycles. The van der Waals surface area contributed by atoms with Crippen LogP contribution >= 0.6 is 0 Å². The van der Waals surface area contributed by atoms with Crippen LogP contribution in [0.1, 0.15) is 0 Å². The third-order valence-electron chi connectivity index (χ3n) is 3.53. The van der Waals surface area contributed by atoms with Crippen LogP contribution in [0.5, 0.6) is 46.0 Å². The number of benzene rings is 2. The summed E-state index contributed by atoms with van der Waals surface area (Å²) in [7, 11) is 0. The number of rotatable bonds is 1. The molecule has 3 rings (SSSR count). The summed E-state index contributed by atoms with van der Waals surface area (Å²) in [6.45, 7) is 0. The number of phenols is 7. The molecule has 10 heteroatoms. The van der Waals surface area contributed by atoms with Gasteiger partial charge in [-0.3, -0.25) is 4.79 Å². The van der Waals surface area contributed by atoms with Crippen molar-refractivity contribution in [3.8, 4) is 57.3 Å². The zero-order valence-corrected chi connectivity index (χ0v) is 12.0. The van der Waals surface area contributed by atoms with Gasteiger partial charge in [-0.2, -0.15) is 0 Å². The Morgan fingerprint density at radius 2 is 1.20 bits per heavy atom. The highest BCUT2D eigenvalue weighted by Crippen LogP contribution is 2.56. The first kappa shape index (κ1) is 15.9. The minimum absolute atomic E-state index is 0.429. The summed E-state index contributed by atoms with van der Waals surface area (Å²) in [6.07, 6.45) is 0. The molecule has 0 fully saturated rings. The zero-order chi connectivity index (χ0) is 18.6. The fourth-order valence-corrected chi connectivity index (χ4v) is 2.35. The van der Waals surface area contributed by atoms with E-state index in [0.717, 1.165) is 12.1 Å². The Balaban J connectivity index is 2.51. The lowest BCUT2D eigenvalue weighted by Gasteiger charge is -2.13. The number of phenolic OH excluding ortho intramolecular Hbond substituents is 7. The second-order valence-electron chi connectivity index (χ2n) is 5.06. The summed E-state index contributed by atoms with van der Waals surface area (Å²) in [5.74, 6) is -9.38. The molecule has 8 N–H and O–H groups in total. The summed E-state index contributed by atoms with van der Waals surface area (Å²) in [5.41, 5.74) is -2.51. The van der Waals surface area contributed by atoms with Crippen molar-refractivity contribution in [3.05, 3.63) is 22.4 Å². The third kappa shape index (κ3) is 2.08. The number of aromatic hydroxyl groups is 8. The maximum atomic E-state index is 12.2. The molecular weight excluding hydrogens is 340 g/mol. The van der Waals surface area contributed by atoms with Crippen LogP contribution in [0.25, 0.3) is 22.3 Å². The largest absolute Gasteiger partial charge is 0.508 e. The maximum Gasteiger partial charge on any atom is 0.238 e. The Bertz CT molecular complexity index is 1070. The average molecular weight is 350 g/mol. The molecular formula is C15H10O10. The van der Waals surface area contributed by atoms with Gasteiger partial charge in [0.25, 0.3) is 0 Å². The van der Waals surface area contributed by atoms with Gasteiger partial charge in [-0.15, -0.1) is 0 Å². The molecule has 0 aliphatic rings. The standard InChI is InChI=1S/C15H10O10/c16-3-1-4(17)6-5(2-3)25-15(14(24)8(6)18)7-9(19)11(21)13(23)12(22)10(7)20/h1-2,16-17,19-24H. The summed E-state index contributed by atoms with van der Waals surface area (Å²) < 4.78 is 5.14. The summed E-state index contributed by atoms with van der Waals surface area (Å²) in [6, 6.07) is 1.74. The van der Waals surface area contributed by atoms with E-state index in [1.165, 1.54) is 0 Å². The van der Waals surface area contributed by atoms with E-state index >= 15 is 0 Å². The van der Waals surface area contributed by atoms with Gasteiger partial charge in [-0.05, 0) is 0 Å².